The van der Waals surface area contributed by atoms with Crippen molar-refractivity contribution in [3.8, 4) is 24.0 Å². The van der Waals surface area contributed by atoms with E-state index in [2.05, 4.69) is 56.9 Å². The molecule has 0 amide bonds. The Labute approximate surface area is 228 Å². The Balaban J connectivity index is 1.47. The third-order valence-corrected chi connectivity index (χ3v) is 9.00. The molecule has 3 fully saturated rings. The van der Waals surface area contributed by atoms with Gasteiger partial charge < -0.3 is 20.1 Å². The molecule has 208 valence electrons. The molecule has 0 radical (unpaired) electrons. The van der Waals surface area contributed by atoms with Gasteiger partial charge in [-0.25, -0.2) is 14.8 Å². The molecule has 11 nitrogen and oxygen atoms in total. The second kappa shape index (κ2) is 10.6. The van der Waals surface area contributed by atoms with Crippen molar-refractivity contribution in [2.45, 2.75) is 90.4 Å². The first-order valence-electron chi connectivity index (χ1n) is 14.5. The summed E-state index contributed by atoms with van der Waals surface area (Å²) in [6.45, 7) is 9.24. The predicted molar refractivity (Wildman–Crippen MR) is 150 cm³/mol. The van der Waals surface area contributed by atoms with E-state index < -0.39 is 5.76 Å². The number of anilines is 2. The number of hydrogen-bond donors (Lipinski definition) is 3. The van der Waals surface area contributed by atoms with Gasteiger partial charge in [0, 0.05) is 43.7 Å². The fourth-order valence-electron chi connectivity index (χ4n) is 6.29. The standard InChI is InChI=1S/C28H39N9O2/c1-5-19-9-11-20(12-10-19)15-37-22-23(30-18(4)21-7-6-8-21)31-25(26-34-28(38)39-35-26)32-24(22)33-27(37)36-14-16(2)29-13-17(36)3/h1,16-21,29H,6-15H2,2-4H3,(H,30,31,32)(H,34,35,38)/t16-,17+,18+,19?,20?/m0/s1. The van der Waals surface area contributed by atoms with Gasteiger partial charge in [0.05, 0.1) is 0 Å². The summed E-state index contributed by atoms with van der Waals surface area (Å²) in [6.07, 6.45) is 13.8. The van der Waals surface area contributed by atoms with E-state index in [-0.39, 0.29) is 17.9 Å². The monoisotopic (exact) mass is 533 g/mol. The van der Waals surface area contributed by atoms with Gasteiger partial charge in [-0.3, -0.25) is 9.51 Å². The number of aromatic nitrogens is 6. The maximum absolute atomic E-state index is 11.7. The number of rotatable bonds is 7. The van der Waals surface area contributed by atoms with E-state index in [1.165, 1.54) is 19.3 Å². The summed E-state index contributed by atoms with van der Waals surface area (Å²) in [5.41, 5.74) is 1.50. The van der Waals surface area contributed by atoms with E-state index in [0.717, 1.165) is 62.6 Å². The Hall–Kier alpha value is -3.39. The molecule has 2 aliphatic carbocycles. The normalized spacial score (nSPS) is 26.8. The third kappa shape index (κ3) is 5.14. The van der Waals surface area contributed by atoms with Crippen molar-refractivity contribution in [1.29, 1.82) is 0 Å². The van der Waals surface area contributed by atoms with Gasteiger partial charge in [-0.2, -0.15) is 4.98 Å². The molecule has 3 aromatic heterocycles. The zero-order valence-electron chi connectivity index (χ0n) is 23.1. The zero-order valence-corrected chi connectivity index (χ0v) is 23.1. The lowest BCUT2D eigenvalue weighted by molar-refractivity contribution is 0.284. The first kappa shape index (κ1) is 25.9. The molecule has 1 aliphatic heterocycles. The van der Waals surface area contributed by atoms with Crippen LogP contribution < -0.4 is 21.3 Å². The molecule has 3 atom stereocenters. The molecule has 11 heteroatoms. The van der Waals surface area contributed by atoms with Crippen LogP contribution in [0.2, 0.25) is 0 Å². The largest absolute Gasteiger partial charge is 0.439 e. The van der Waals surface area contributed by atoms with Gasteiger partial charge in [0.15, 0.2) is 11.5 Å². The summed E-state index contributed by atoms with van der Waals surface area (Å²) >= 11 is 0. The van der Waals surface area contributed by atoms with Gasteiger partial charge in [-0.1, -0.05) is 11.6 Å². The molecule has 4 heterocycles. The minimum absolute atomic E-state index is 0.203. The molecule has 6 rings (SSSR count). The van der Waals surface area contributed by atoms with Crippen molar-refractivity contribution in [3.63, 3.8) is 0 Å². The SMILES string of the molecule is C#CC1CCC(Cn2c(N3C[C@H](C)NC[C@H]3C)nc3nc(-c4noc(=O)[nH]4)nc(N[C@H](C)C4CCC4)c32)CC1. The molecular weight excluding hydrogens is 494 g/mol. The highest BCUT2D eigenvalue weighted by atomic mass is 16.5. The predicted octanol–water partition coefficient (Wildman–Crippen LogP) is 3.40. The fourth-order valence-corrected chi connectivity index (χ4v) is 6.29. The molecule has 0 spiro atoms. The summed E-state index contributed by atoms with van der Waals surface area (Å²) in [4.78, 5) is 31.6. The fraction of sp³-hybridized carbons (Fsp3) is 0.679. The van der Waals surface area contributed by atoms with Crippen LogP contribution in [0.25, 0.3) is 22.8 Å². The Kier molecular flexibility index (Phi) is 7.06. The van der Waals surface area contributed by atoms with Gasteiger partial charge in [0.2, 0.25) is 17.6 Å². The van der Waals surface area contributed by atoms with Crippen molar-refractivity contribution in [1.82, 2.24) is 35.0 Å². The molecule has 3 aromatic rings. The Morgan fingerprint density at radius 1 is 1.15 bits per heavy atom. The highest BCUT2D eigenvalue weighted by Crippen LogP contribution is 2.37. The molecule has 3 aliphatic rings. The van der Waals surface area contributed by atoms with Crippen LogP contribution in [0.3, 0.4) is 0 Å². The topological polar surface area (TPSA) is 130 Å². The number of piperazine rings is 1. The minimum Gasteiger partial charge on any atom is -0.365 e. The Bertz CT molecular complexity index is 1410. The van der Waals surface area contributed by atoms with E-state index in [1.54, 1.807) is 0 Å². The first-order valence-corrected chi connectivity index (χ1v) is 14.5. The van der Waals surface area contributed by atoms with Crippen LogP contribution in [0.1, 0.15) is 65.7 Å². The van der Waals surface area contributed by atoms with Crippen LogP contribution in [-0.2, 0) is 6.54 Å². The summed E-state index contributed by atoms with van der Waals surface area (Å²) in [7, 11) is 0. The van der Waals surface area contributed by atoms with Gasteiger partial charge in [-0.15, -0.1) is 12.3 Å². The van der Waals surface area contributed by atoms with Crippen molar-refractivity contribution >= 4 is 22.9 Å². The summed E-state index contributed by atoms with van der Waals surface area (Å²) in [5.74, 6) is 5.96. The number of aromatic amines is 1. The quantitative estimate of drug-likeness (QED) is 0.391. The van der Waals surface area contributed by atoms with Crippen LogP contribution in [0.15, 0.2) is 9.32 Å². The molecule has 1 saturated heterocycles. The molecule has 0 unspecified atom stereocenters. The highest BCUT2D eigenvalue weighted by molar-refractivity contribution is 5.87. The molecule has 0 bridgehead atoms. The highest BCUT2D eigenvalue weighted by Gasteiger charge is 2.32. The first-order chi connectivity index (χ1) is 18.9. The Morgan fingerprint density at radius 2 is 1.95 bits per heavy atom. The van der Waals surface area contributed by atoms with Gasteiger partial charge in [0.25, 0.3) is 0 Å². The number of fused-ring (bicyclic) bond motifs is 1. The van der Waals surface area contributed by atoms with Crippen LogP contribution >= 0.6 is 0 Å². The third-order valence-electron chi connectivity index (χ3n) is 9.00. The zero-order chi connectivity index (χ0) is 27.1. The molecule has 3 N–H and O–H groups in total. The van der Waals surface area contributed by atoms with Gasteiger partial charge >= 0.3 is 5.76 Å². The van der Waals surface area contributed by atoms with Crippen molar-refractivity contribution in [2.24, 2.45) is 17.8 Å². The second-order valence-electron chi connectivity index (χ2n) is 11.9. The van der Waals surface area contributed by atoms with E-state index >= 15 is 0 Å². The lowest BCUT2D eigenvalue weighted by Gasteiger charge is -2.39. The second-order valence-corrected chi connectivity index (χ2v) is 11.9. The van der Waals surface area contributed by atoms with Crippen LogP contribution in [0, 0.1) is 30.1 Å². The average molecular weight is 534 g/mol. The molecule has 39 heavy (non-hydrogen) atoms. The number of H-pyrrole nitrogens is 1. The maximum Gasteiger partial charge on any atom is 0.439 e. The lowest BCUT2D eigenvalue weighted by Crippen LogP contribution is -2.55. The van der Waals surface area contributed by atoms with E-state index in [0.29, 0.717) is 35.3 Å². The van der Waals surface area contributed by atoms with E-state index in [1.807, 2.05) is 0 Å². The lowest BCUT2D eigenvalue weighted by atomic mass is 9.80. The van der Waals surface area contributed by atoms with Crippen LogP contribution in [-0.4, -0.2) is 60.9 Å². The minimum atomic E-state index is -0.636. The van der Waals surface area contributed by atoms with E-state index in [4.69, 9.17) is 25.9 Å². The maximum atomic E-state index is 11.7. The number of hydrogen-bond acceptors (Lipinski definition) is 9. The van der Waals surface area contributed by atoms with Crippen molar-refractivity contribution in [3.05, 3.63) is 10.6 Å². The Morgan fingerprint density at radius 3 is 2.62 bits per heavy atom. The summed E-state index contributed by atoms with van der Waals surface area (Å²) in [5, 5.41) is 11.2. The molecule has 0 aromatic carbocycles. The van der Waals surface area contributed by atoms with Crippen LogP contribution in [0.4, 0.5) is 11.8 Å². The van der Waals surface area contributed by atoms with Gasteiger partial charge in [0.1, 0.15) is 5.52 Å². The van der Waals surface area contributed by atoms with Crippen LogP contribution in [0.5, 0.6) is 0 Å². The number of nitrogens with zero attached hydrogens (tertiary/aromatic N) is 6. The smallest absolute Gasteiger partial charge is 0.365 e. The van der Waals surface area contributed by atoms with Crippen molar-refractivity contribution in [2.75, 3.05) is 23.3 Å². The average Bonchev–Trinajstić information content (AvgIpc) is 3.48. The van der Waals surface area contributed by atoms with E-state index in [9.17, 15) is 4.79 Å². The number of imidazole rings is 1. The summed E-state index contributed by atoms with van der Waals surface area (Å²) in [6, 6.07) is 0.870. The summed E-state index contributed by atoms with van der Waals surface area (Å²) < 4.78 is 7.11. The number of nitrogens with one attached hydrogen (secondary N) is 3. The van der Waals surface area contributed by atoms with Crippen molar-refractivity contribution < 1.29 is 4.52 Å². The molecule has 2 saturated carbocycles. The van der Waals surface area contributed by atoms with Gasteiger partial charge in [-0.05, 0) is 71.1 Å². The molecular formula is C28H39N9O2. The number of terminal acetylenes is 1.